The molecule has 0 aliphatic heterocycles. The van der Waals surface area contributed by atoms with Crippen molar-refractivity contribution >= 4 is 5.97 Å². The van der Waals surface area contributed by atoms with Gasteiger partial charge in [-0.25, -0.2) is 4.79 Å². The van der Waals surface area contributed by atoms with E-state index in [-0.39, 0.29) is 12.1 Å². The third kappa shape index (κ3) is 2.35. The van der Waals surface area contributed by atoms with Gasteiger partial charge in [0.05, 0.1) is 12.1 Å². The summed E-state index contributed by atoms with van der Waals surface area (Å²) in [4.78, 5) is 10.7. The summed E-state index contributed by atoms with van der Waals surface area (Å²) in [5, 5.41) is 8.75. The lowest BCUT2D eigenvalue weighted by atomic mass is 10.1. The molecule has 0 spiro atoms. The van der Waals surface area contributed by atoms with E-state index in [0.29, 0.717) is 0 Å². The number of carbonyl (C=O) groups is 1. The van der Waals surface area contributed by atoms with Crippen molar-refractivity contribution in [3.8, 4) is 11.8 Å². The molecule has 0 aliphatic carbocycles. The highest BCUT2D eigenvalue weighted by Gasteiger charge is 2.03. The normalized spacial score (nSPS) is 9.00. The van der Waals surface area contributed by atoms with Crippen LogP contribution in [0, 0.1) is 18.8 Å². The van der Waals surface area contributed by atoms with E-state index in [9.17, 15) is 4.79 Å². The maximum absolute atomic E-state index is 10.7. The maximum Gasteiger partial charge on any atom is 0.335 e. The van der Waals surface area contributed by atoms with E-state index >= 15 is 0 Å². The number of hydrogen-bond acceptors (Lipinski definition) is 2. The molecule has 0 aromatic heterocycles. The van der Waals surface area contributed by atoms with Crippen molar-refractivity contribution in [3.63, 3.8) is 0 Å². The van der Waals surface area contributed by atoms with Crippen LogP contribution in [0.25, 0.3) is 0 Å². The lowest BCUT2D eigenvalue weighted by Crippen LogP contribution is -1.98. The van der Waals surface area contributed by atoms with Crippen LogP contribution in [-0.4, -0.2) is 17.6 Å². The largest absolute Gasteiger partial charge is 0.478 e. The molecule has 3 heteroatoms. The van der Waals surface area contributed by atoms with Crippen LogP contribution in [0.1, 0.15) is 21.5 Å². The summed E-state index contributed by atoms with van der Waals surface area (Å²) in [6.45, 7) is 2.16. The molecule has 1 aromatic carbocycles. The third-order valence-corrected chi connectivity index (χ3v) is 1.81. The summed E-state index contributed by atoms with van der Waals surface area (Å²) >= 11 is 0. The molecule has 0 fully saturated rings. The molecule has 3 nitrogen and oxygen atoms in total. The fourth-order valence-electron chi connectivity index (χ4n) is 1.04. The van der Waals surface area contributed by atoms with Crippen molar-refractivity contribution in [2.45, 2.75) is 6.92 Å². The van der Waals surface area contributed by atoms with E-state index in [1.807, 2.05) is 6.92 Å². The molecule has 0 atom stereocenters. The molecule has 0 saturated carbocycles. The lowest BCUT2D eigenvalue weighted by Gasteiger charge is -1.99. The summed E-state index contributed by atoms with van der Waals surface area (Å²) in [5.41, 5.74) is 7.15. The Balaban J connectivity index is 3.14. The van der Waals surface area contributed by atoms with Crippen LogP contribution < -0.4 is 5.73 Å². The van der Waals surface area contributed by atoms with Crippen LogP contribution in [0.2, 0.25) is 0 Å². The molecular formula is C11H11NO2. The molecule has 0 amide bonds. The molecule has 72 valence electrons. The minimum absolute atomic E-state index is 0.247. The van der Waals surface area contributed by atoms with Crippen molar-refractivity contribution < 1.29 is 9.90 Å². The monoisotopic (exact) mass is 189 g/mol. The fraction of sp³-hybridized carbons (Fsp3) is 0.182. The van der Waals surface area contributed by atoms with Gasteiger partial charge in [-0.05, 0) is 24.6 Å². The Morgan fingerprint density at radius 1 is 1.57 bits per heavy atom. The second kappa shape index (κ2) is 4.45. The summed E-state index contributed by atoms with van der Waals surface area (Å²) in [6, 6.07) is 4.86. The smallest absolute Gasteiger partial charge is 0.335 e. The van der Waals surface area contributed by atoms with E-state index in [1.54, 1.807) is 18.2 Å². The van der Waals surface area contributed by atoms with Crippen molar-refractivity contribution in [1.82, 2.24) is 0 Å². The molecule has 1 aromatic rings. The Morgan fingerprint density at radius 2 is 2.29 bits per heavy atom. The number of rotatable bonds is 1. The number of hydrogen-bond donors (Lipinski definition) is 2. The Bertz CT molecular complexity index is 413. The fourth-order valence-corrected chi connectivity index (χ4v) is 1.04. The van der Waals surface area contributed by atoms with Gasteiger partial charge in [0.1, 0.15) is 0 Å². The van der Waals surface area contributed by atoms with E-state index in [1.165, 1.54) is 0 Å². The maximum atomic E-state index is 10.7. The van der Waals surface area contributed by atoms with Crippen molar-refractivity contribution in [3.05, 3.63) is 34.9 Å². The van der Waals surface area contributed by atoms with E-state index in [4.69, 9.17) is 10.8 Å². The number of benzene rings is 1. The van der Waals surface area contributed by atoms with Gasteiger partial charge in [-0.2, -0.15) is 0 Å². The summed E-state index contributed by atoms with van der Waals surface area (Å²) in [5.74, 6) is 4.58. The van der Waals surface area contributed by atoms with E-state index < -0.39 is 5.97 Å². The van der Waals surface area contributed by atoms with Gasteiger partial charge in [-0.15, -0.1) is 0 Å². The zero-order valence-corrected chi connectivity index (χ0v) is 7.87. The van der Waals surface area contributed by atoms with E-state index in [0.717, 1.165) is 11.1 Å². The van der Waals surface area contributed by atoms with Crippen LogP contribution in [-0.2, 0) is 0 Å². The molecule has 0 aliphatic rings. The number of nitrogens with two attached hydrogens (primary N) is 1. The van der Waals surface area contributed by atoms with Crippen LogP contribution in [0.3, 0.4) is 0 Å². The van der Waals surface area contributed by atoms with Crippen molar-refractivity contribution in [2.24, 2.45) is 5.73 Å². The number of aryl methyl sites for hydroxylation is 1. The zero-order valence-electron chi connectivity index (χ0n) is 7.87. The standard InChI is InChI=1S/C11H11NO2/c1-8-4-5-10(11(13)14)7-9(8)3-2-6-12/h4-5,7H,6,12H2,1H3,(H,13,14). The van der Waals surface area contributed by atoms with Gasteiger partial charge in [0.25, 0.3) is 0 Å². The van der Waals surface area contributed by atoms with Crippen LogP contribution in [0.4, 0.5) is 0 Å². The third-order valence-electron chi connectivity index (χ3n) is 1.81. The average Bonchev–Trinajstić information content (AvgIpc) is 2.16. The summed E-state index contributed by atoms with van der Waals surface area (Å²) < 4.78 is 0. The van der Waals surface area contributed by atoms with E-state index in [2.05, 4.69) is 11.8 Å². The van der Waals surface area contributed by atoms with Gasteiger partial charge in [0, 0.05) is 5.56 Å². The Kier molecular flexibility index (Phi) is 3.27. The van der Waals surface area contributed by atoms with Crippen molar-refractivity contribution in [1.29, 1.82) is 0 Å². The summed E-state index contributed by atoms with van der Waals surface area (Å²) in [6.07, 6.45) is 0. The topological polar surface area (TPSA) is 63.3 Å². The molecular weight excluding hydrogens is 178 g/mol. The number of aromatic carboxylic acids is 1. The van der Waals surface area contributed by atoms with Gasteiger partial charge in [0.2, 0.25) is 0 Å². The first-order valence-electron chi connectivity index (χ1n) is 4.18. The minimum Gasteiger partial charge on any atom is -0.478 e. The Morgan fingerprint density at radius 3 is 2.86 bits per heavy atom. The van der Waals surface area contributed by atoms with Crippen molar-refractivity contribution in [2.75, 3.05) is 6.54 Å². The average molecular weight is 189 g/mol. The molecule has 3 N–H and O–H groups in total. The SMILES string of the molecule is Cc1ccc(C(=O)O)cc1C#CCN. The first-order valence-corrected chi connectivity index (χ1v) is 4.18. The Hall–Kier alpha value is -1.79. The molecule has 0 saturated heterocycles. The predicted octanol–water partition coefficient (Wildman–Crippen LogP) is 1.00. The molecule has 0 unspecified atom stereocenters. The van der Waals surface area contributed by atoms with Gasteiger partial charge >= 0.3 is 5.97 Å². The second-order valence-corrected chi connectivity index (χ2v) is 2.84. The van der Waals surface area contributed by atoms with Gasteiger partial charge in [0.15, 0.2) is 0 Å². The summed E-state index contributed by atoms with van der Waals surface area (Å²) in [7, 11) is 0. The van der Waals surface area contributed by atoms with Crippen LogP contribution in [0.5, 0.6) is 0 Å². The highest BCUT2D eigenvalue weighted by atomic mass is 16.4. The first-order chi connectivity index (χ1) is 6.65. The van der Waals surface area contributed by atoms with Gasteiger partial charge in [-0.3, -0.25) is 0 Å². The zero-order chi connectivity index (χ0) is 10.6. The number of carboxylic acid groups (broad SMARTS) is 1. The molecule has 1 rings (SSSR count). The molecule has 0 heterocycles. The second-order valence-electron chi connectivity index (χ2n) is 2.84. The molecule has 0 radical (unpaired) electrons. The molecule has 0 bridgehead atoms. The van der Waals surface area contributed by atoms with Gasteiger partial charge in [-0.1, -0.05) is 17.9 Å². The number of carboxylic acids is 1. The highest BCUT2D eigenvalue weighted by Crippen LogP contribution is 2.09. The Labute approximate surface area is 82.6 Å². The van der Waals surface area contributed by atoms with Gasteiger partial charge < -0.3 is 10.8 Å². The highest BCUT2D eigenvalue weighted by molar-refractivity contribution is 5.88. The quantitative estimate of drug-likeness (QED) is 0.648. The lowest BCUT2D eigenvalue weighted by molar-refractivity contribution is 0.0697. The van der Waals surface area contributed by atoms with Crippen LogP contribution >= 0.6 is 0 Å². The molecule has 14 heavy (non-hydrogen) atoms. The predicted molar refractivity (Wildman–Crippen MR) is 54.1 cm³/mol. The van der Waals surface area contributed by atoms with Crippen LogP contribution in [0.15, 0.2) is 18.2 Å². The minimum atomic E-state index is -0.944. The first kappa shape index (κ1) is 10.3.